The monoisotopic (exact) mass is 749 g/mol. The Bertz CT molecular complexity index is 3240. The first-order valence-corrected chi connectivity index (χ1v) is 20.3. The summed E-state index contributed by atoms with van der Waals surface area (Å²) in [5, 5.41) is 5.12. The first-order valence-electron chi connectivity index (χ1n) is 18.7. The molecular formula is C51H31N3S2. The quantitative estimate of drug-likeness (QED) is 0.170. The van der Waals surface area contributed by atoms with Gasteiger partial charge < -0.3 is 0 Å². The lowest BCUT2D eigenvalue weighted by Crippen LogP contribution is -2.00. The first kappa shape index (κ1) is 32.6. The highest BCUT2D eigenvalue weighted by Gasteiger charge is 2.16. The molecule has 8 aromatic carbocycles. The standard InChI is InChI=1S/C51H31N3S2/c1-3-11-32(12-4-1)33-21-23-35(24-22-33)49-52-50(54-51(53-49)39-26-27-42-41-17-7-8-19-44(41)55-46(42)31-39)38-16-9-15-36(29-38)37-25-28-43-47(30-37)56-45-20-10-18-40(48(43)45)34-13-5-2-6-14-34/h1-31H. The minimum Gasteiger partial charge on any atom is -0.208 e. The molecule has 0 saturated heterocycles. The van der Waals surface area contributed by atoms with E-state index in [4.69, 9.17) is 15.0 Å². The Balaban J connectivity index is 1.02. The van der Waals surface area contributed by atoms with Crippen molar-refractivity contribution in [2.24, 2.45) is 0 Å². The fourth-order valence-electron chi connectivity index (χ4n) is 7.77. The van der Waals surface area contributed by atoms with Gasteiger partial charge in [0.1, 0.15) is 0 Å². The SMILES string of the molecule is c1ccc(-c2ccc(-c3nc(-c4cccc(-c5ccc6c(c5)sc5cccc(-c7ccccc7)c56)c4)nc(-c4ccc5c(c4)sc4ccccc45)n3)cc2)cc1. The van der Waals surface area contributed by atoms with Crippen LogP contribution >= 0.6 is 22.7 Å². The van der Waals surface area contributed by atoms with Crippen molar-refractivity contribution >= 4 is 63.0 Å². The van der Waals surface area contributed by atoms with Crippen LogP contribution in [0.4, 0.5) is 0 Å². The van der Waals surface area contributed by atoms with Crippen molar-refractivity contribution in [1.82, 2.24) is 15.0 Å². The zero-order valence-corrected chi connectivity index (χ0v) is 31.7. The van der Waals surface area contributed by atoms with Crippen LogP contribution in [0.3, 0.4) is 0 Å². The van der Waals surface area contributed by atoms with Gasteiger partial charge in [-0.3, -0.25) is 0 Å². The Labute approximate surface area is 331 Å². The van der Waals surface area contributed by atoms with Crippen LogP contribution < -0.4 is 0 Å². The zero-order chi connectivity index (χ0) is 37.0. The molecule has 0 amide bonds. The van der Waals surface area contributed by atoms with Crippen molar-refractivity contribution < 1.29 is 0 Å². The molecule has 0 aliphatic carbocycles. The summed E-state index contributed by atoms with van der Waals surface area (Å²) in [6.07, 6.45) is 0. The molecule has 0 spiro atoms. The average molecular weight is 750 g/mol. The van der Waals surface area contributed by atoms with Crippen LogP contribution in [0.5, 0.6) is 0 Å². The second-order valence-electron chi connectivity index (χ2n) is 14.0. The van der Waals surface area contributed by atoms with Crippen LogP contribution in [0.25, 0.3) is 108 Å². The number of fused-ring (bicyclic) bond motifs is 6. The minimum atomic E-state index is 0.644. The third-order valence-electron chi connectivity index (χ3n) is 10.6. The molecule has 56 heavy (non-hydrogen) atoms. The fourth-order valence-corrected chi connectivity index (χ4v) is 10.1. The van der Waals surface area contributed by atoms with Crippen LogP contribution in [0.2, 0.25) is 0 Å². The first-order chi connectivity index (χ1) is 27.7. The molecule has 0 atom stereocenters. The lowest BCUT2D eigenvalue weighted by Gasteiger charge is -2.10. The Morgan fingerprint density at radius 1 is 0.268 bits per heavy atom. The highest BCUT2D eigenvalue weighted by Crippen LogP contribution is 2.42. The molecule has 3 nitrogen and oxygen atoms in total. The second kappa shape index (κ2) is 13.5. The molecule has 0 radical (unpaired) electrons. The predicted octanol–water partition coefficient (Wildman–Crippen LogP) is 14.6. The van der Waals surface area contributed by atoms with E-state index >= 15 is 0 Å². The largest absolute Gasteiger partial charge is 0.208 e. The molecule has 0 fully saturated rings. The zero-order valence-electron chi connectivity index (χ0n) is 30.1. The number of thiophene rings is 2. The van der Waals surface area contributed by atoms with Crippen molar-refractivity contribution in [1.29, 1.82) is 0 Å². The third kappa shape index (κ3) is 5.77. The maximum absolute atomic E-state index is 5.16. The molecule has 0 bridgehead atoms. The molecule has 11 aromatic rings. The van der Waals surface area contributed by atoms with E-state index in [0.29, 0.717) is 17.5 Å². The van der Waals surface area contributed by atoms with Crippen molar-refractivity contribution in [3.05, 3.63) is 188 Å². The van der Waals surface area contributed by atoms with Gasteiger partial charge >= 0.3 is 0 Å². The lowest BCUT2D eigenvalue weighted by atomic mass is 9.97. The lowest BCUT2D eigenvalue weighted by molar-refractivity contribution is 1.07. The van der Waals surface area contributed by atoms with Crippen molar-refractivity contribution in [3.8, 4) is 67.5 Å². The summed E-state index contributed by atoms with van der Waals surface area (Å²) >= 11 is 3.65. The third-order valence-corrected chi connectivity index (χ3v) is 12.8. The van der Waals surface area contributed by atoms with E-state index in [1.807, 2.05) is 17.4 Å². The molecular weight excluding hydrogens is 719 g/mol. The number of nitrogens with zero attached hydrogens (tertiary/aromatic N) is 3. The van der Waals surface area contributed by atoms with Gasteiger partial charge in [0.2, 0.25) is 0 Å². The van der Waals surface area contributed by atoms with Gasteiger partial charge in [-0.1, -0.05) is 158 Å². The highest BCUT2D eigenvalue weighted by atomic mass is 32.1. The van der Waals surface area contributed by atoms with E-state index in [1.54, 1.807) is 11.3 Å². The summed E-state index contributed by atoms with van der Waals surface area (Å²) < 4.78 is 5.06. The minimum absolute atomic E-state index is 0.644. The van der Waals surface area contributed by atoms with Crippen molar-refractivity contribution in [3.63, 3.8) is 0 Å². The van der Waals surface area contributed by atoms with Crippen LogP contribution in [0, 0.1) is 0 Å². The number of aromatic nitrogens is 3. The van der Waals surface area contributed by atoms with E-state index in [0.717, 1.165) is 33.4 Å². The molecule has 5 heteroatoms. The summed E-state index contributed by atoms with van der Waals surface area (Å²) in [4.78, 5) is 15.4. The van der Waals surface area contributed by atoms with Gasteiger partial charge in [0, 0.05) is 57.0 Å². The van der Waals surface area contributed by atoms with Gasteiger partial charge in [-0.2, -0.15) is 0 Å². The Morgan fingerprint density at radius 2 is 0.732 bits per heavy atom. The molecule has 0 aliphatic heterocycles. The fraction of sp³-hybridized carbons (Fsp3) is 0. The number of benzene rings is 8. The molecule has 11 rings (SSSR count). The van der Waals surface area contributed by atoms with Crippen LogP contribution in [0.1, 0.15) is 0 Å². The Morgan fingerprint density at radius 3 is 1.54 bits per heavy atom. The van der Waals surface area contributed by atoms with Gasteiger partial charge in [-0.15, -0.1) is 22.7 Å². The molecule has 0 aliphatic rings. The van der Waals surface area contributed by atoms with E-state index in [2.05, 4.69) is 182 Å². The smallest absolute Gasteiger partial charge is 0.164 e. The van der Waals surface area contributed by atoms with Gasteiger partial charge in [0.25, 0.3) is 0 Å². The van der Waals surface area contributed by atoms with Gasteiger partial charge in [-0.25, -0.2) is 15.0 Å². The van der Waals surface area contributed by atoms with Crippen molar-refractivity contribution in [2.45, 2.75) is 0 Å². The van der Waals surface area contributed by atoms with Crippen LogP contribution in [-0.4, -0.2) is 15.0 Å². The summed E-state index contributed by atoms with van der Waals surface area (Å²) in [6, 6.07) is 66.9. The normalized spacial score (nSPS) is 11.6. The summed E-state index contributed by atoms with van der Waals surface area (Å²) in [5.74, 6) is 1.95. The second-order valence-corrected chi connectivity index (χ2v) is 16.2. The molecule has 3 aromatic heterocycles. The van der Waals surface area contributed by atoms with E-state index in [-0.39, 0.29) is 0 Å². The van der Waals surface area contributed by atoms with E-state index < -0.39 is 0 Å². The van der Waals surface area contributed by atoms with E-state index in [1.165, 1.54) is 57.0 Å². The van der Waals surface area contributed by atoms with Gasteiger partial charge in [0.05, 0.1) is 0 Å². The summed E-state index contributed by atoms with van der Waals surface area (Å²) in [6.45, 7) is 0. The van der Waals surface area contributed by atoms with Gasteiger partial charge in [-0.05, 0) is 63.7 Å². The highest BCUT2D eigenvalue weighted by molar-refractivity contribution is 7.26. The molecule has 262 valence electrons. The Kier molecular flexibility index (Phi) is 7.87. The molecule has 0 N–H and O–H groups in total. The predicted molar refractivity (Wildman–Crippen MR) is 238 cm³/mol. The molecule has 0 unspecified atom stereocenters. The maximum atomic E-state index is 5.16. The maximum Gasteiger partial charge on any atom is 0.164 e. The number of rotatable bonds is 6. The van der Waals surface area contributed by atoms with Crippen LogP contribution in [-0.2, 0) is 0 Å². The van der Waals surface area contributed by atoms with Crippen molar-refractivity contribution in [2.75, 3.05) is 0 Å². The molecule has 0 saturated carbocycles. The topological polar surface area (TPSA) is 38.7 Å². The number of hydrogen-bond acceptors (Lipinski definition) is 5. The average Bonchev–Trinajstić information content (AvgIpc) is 3.85. The molecule has 3 heterocycles. The van der Waals surface area contributed by atoms with E-state index in [9.17, 15) is 0 Å². The van der Waals surface area contributed by atoms with Crippen LogP contribution in [0.15, 0.2) is 188 Å². The van der Waals surface area contributed by atoms with Gasteiger partial charge in [0.15, 0.2) is 17.5 Å². The summed E-state index contributed by atoms with van der Waals surface area (Å²) in [5.41, 5.74) is 9.97. The Hall–Kier alpha value is -6.79. The summed E-state index contributed by atoms with van der Waals surface area (Å²) in [7, 11) is 0. The number of hydrogen-bond donors (Lipinski definition) is 0.